The van der Waals surface area contributed by atoms with Gasteiger partial charge in [0.15, 0.2) is 0 Å². The molecular formula is C11H12ClF. The van der Waals surface area contributed by atoms with Crippen molar-refractivity contribution in [3.63, 3.8) is 0 Å². The highest BCUT2D eigenvalue weighted by Gasteiger charge is 2.06. The van der Waals surface area contributed by atoms with Gasteiger partial charge in [0.2, 0.25) is 0 Å². The van der Waals surface area contributed by atoms with E-state index >= 15 is 0 Å². The Bertz CT molecular complexity index is 279. The Morgan fingerprint density at radius 3 is 2.62 bits per heavy atom. The van der Waals surface area contributed by atoms with Gasteiger partial charge in [-0.3, -0.25) is 0 Å². The number of rotatable bonds is 3. The van der Waals surface area contributed by atoms with E-state index in [1.807, 2.05) is 37.3 Å². The Hall–Kier alpha value is -0.820. The zero-order chi connectivity index (χ0) is 9.68. The molecule has 1 aromatic carbocycles. The van der Waals surface area contributed by atoms with Gasteiger partial charge >= 0.3 is 0 Å². The molecule has 1 unspecified atom stereocenters. The molecule has 0 nitrogen and oxygen atoms in total. The lowest BCUT2D eigenvalue weighted by atomic mass is 10.2. The largest absolute Gasteiger partial charge is 0.210 e. The molecule has 0 heterocycles. The van der Waals surface area contributed by atoms with Crippen LogP contribution in [0.2, 0.25) is 0 Å². The van der Waals surface area contributed by atoms with Crippen LogP contribution in [0.25, 0.3) is 6.08 Å². The summed E-state index contributed by atoms with van der Waals surface area (Å²) in [7, 11) is 0. The fourth-order valence-corrected chi connectivity index (χ4v) is 1.06. The number of allylic oxidation sites excluding steroid dienone is 1. The van der Waals surface area contributed by atoms with Crippen LogP contribution in [-0.4, -0.2) is 5.38 Å². The lowest BCUT2D eigenvalue weighted by Gasteiger charge is -2.02. The summed E-state index contributed by atoms with van der Waals surface area (Å²) >= 11 is 5.72. The van der Waals surface area contributed by atoms with Crippen LogP contribution in [0.1, 0.15) is 18.9 Å². The summed E-state index contributed by atoms with van der Waals surface area (Å²) in [5, 5.41) is -0.500. The maximum Gasteiger partial charge on any atom is 0.118 e. The lowest BCUT2D eigenvalue weighted by molar-refractivity contribution is 0.595. The van der Waals surface area contributed by atoms with Crippen molar-refractivity contribution < 1.29 is 4.39 Å². The molecule has 0 saturated heterocycles. The Kier molecular flexibility index (Phi) is 3.97. The Labute approximate surface area is 83.0 Å². The van der Waals surface area contributed by atoms with E-state index in [2.05, 4.69) is 0 Å². The highest BCUT2D eigenvalue weighted by Crippen LogP contribution is 2.18. The lowest BCUT2D eigenvalue weighted by Crippen LogP contribution is -1.95. The van der Waals surface area contributed by atoms with Crippen LogP contribution >= 0.6 is 11.6 Å². The second-order valence-electron chi connectivity index (χ2n) is 2.82. The summed E-state index contributed by atoms with van der Waals surface area (Å²) in [5.41, 5.74) is 0.846. The first-order valence-corrected chi connectivity index (χ1v) is 4.74. The highest BCUT2D eigenvalue weighted by atomic mass is 35.5. The normalized spacial score (nSPS) is 14.2. The smallest absolute Gasteiger partial charge is 0.118 e. The maximum atomic E-state index is 13.2. The van der Waals surface area contributed by atoms with Gasteiger partial charge in [0.1, 0.15) is 5.83 Å². The molecule has 0 fully saturated rings. The van der Waals surface area contributed by atoms with Gasteiger partial charge in [0.05, 0.1) is 5.38 Å². The van der Waals surface area contributed by atoms with E-state index < -0.39 is 5.38 Å². The molecule has 0 amide bonds. The van der Waals surface area contributed by atoms with E-state index in [4.69, 9.17) is 11.6 Å². The van der Waals surface area contributed by atoms with Gasteiger partial charge in [-0.1, -0.05) is 37.3 Å². The van der Waals surface area contributed by atoms with Crippen LogP contribution in [0.15, 0.2) is 36.2 Å². The van der Waals surface area contributed by atoms with Crippen LogP contribution in [0.4, 0.5) is 4.39 Å². The van der Waals surface area contributed by atoms with Crippen molar-refractivity contribution in [1.82, 2.24) is 0 Å². The Morgan fingerprint density at radius 1 is 1.46 bits per heavy atom. The molecule has 2 heteroatoms. The van der Waals surface area contributed by atoms with Crippen molar-refractivity contribution in [2.45, 2.75) is 18.7 Å². The third-order valence-electron chi connectivity index (χ3n) is 1.76. The molecule has 70 valence electrons. The molecule has 0 aliphatic carbocycles. The minimum atomic E-state index is -0.500. The minimum absolute atomic E-state index is 0.268. The predicted molar refractivity (Wildman–Crippen MR) is 55.5 cm³/mol. The van der Waals surface area contributed by atoms with Crippen LogP contribution in [0.3, 0.4) is 0 Å². The van der Waals surface area contributed by atoms with Crippen molar-refractivity contribution in [1.29, 1.82) is 0 Å². The number of hydrogen-bond donors (Lipinski definition) is 0. The number of hydrogen-bond acceptors (Lipinski definition) is 0. The second kappa shape index (κ2) is 5.03. The molecule has 1 aromatic rings. The van der Waals surface area contributed by atoms with Crippen LogP contribution in [0, 0.1) is 0 Å². The molecule has 0 aliphatic rings. The number of benzene rings is 1. The molecule has 1 rings (SSSR count). The molecule has 0 N–H and O–H groups in total. The molecule has 0 aliphatic heterocycles. The zero-order valence-electron chi connectivity index (χ0n) is 7.50. The molecule has 0 saturated carbocycles. The molecule has 13 heavy (non-hydrogen) atoms. The Balaban J connectivity index is 2.77. The monoisotopic (exact) mass is 198 g/mol. The number of alkyl halides is 1. The standard InChI is InChI=1S/C11H12ClF/c1-2-10(12)11(13)8-9-6-4-3-5-7-9/h3-8,10H,2H2,1H3. The van der Waals surface area contributed by atoms with Crippen LogP contribution in [-0.2, 0) is 0 Å². The average Bonchev–Trinajstić information content (AvgIpc) is 2.18. The van der Waals surface area contributed by atoms with Gasteiger partial charge in [0.25, 0.3) is 0 Å². The van der Waals surface area contributed by atoms with Gasteiger partial charge in [-0.2, -0.15) is 0 Å². The summed E-state index contributed by atoms with van der Waals surface area (Å²) in [4.78, 5) is 0. The summed E-state index contributed by atoms with van der Waals surface area (Å²) in [5.74, 6) is -0.268. The van der Waals surface area contributed by atoms with Crippen molar-refractivity contribution in [3.8, 4) is 0 Å². The topological polar surface area (TPSA) is 0 Å². The van der Waals surface area contributed by atoms with E-state index in [1.54, 1.807) is 0 Å². The van der Waals surface area contributed by atoms with Crippen molar-refractivity contribution in [2.75, 3.05) is 0 Å². The summed E-state index contributed by atoms with van der Waals surface area (Å²) < 4.78 is 13.2. The second-order valence-corrected chi connectivity index (χ2v) is 3.34. The summed E-state index contributed by atoms with van der Waals surface area (Å²) in [6.45, 7) is 1.86. The average molecular weight is 199 g/mol. The third-order valence-corrected chi connectivity index (χ3v) is 2.28. The molecular weight excluding hydrogens is 187 g/mol. The Morgan fingerprint density at radius 2 is 2.08 bits per heavy atom. The van der Waals surface area contributed by atoms with E-state index in [1.165, 1.54) is 6.08 Å². The minimum Gasteiger partial charge on any atom is -0.210 e. The molecule has 0 spiro atoms. The fourth-order valence-electron chi connectivity index (χ4n) is 0.994. The quantitative estimate of drug-likeness (QED) is 0.644. The summed E-state index contributed by atoms with van der Waals surface area (Å²) in [6.07, 6.45) is 2.08. The van der Waals surface area contributed by atoms with E-state index in [9.17, 15) is 4.39 Å². The van der Waals surface area contributed by atoms with Crippen molar-refractivity contribution >= 4 is 17.7 Å². The predicted octanol–water partition coefficient (Wildman–Crippen LogP) is 4.01. The zero-order valence-corrected chi connectivity index (χ0v) is 8.26. The molecule has 0 aromatic heterocycles. The first kappa shape index (κ1) is 10.3. The van der Waals surface area contributed by atoms with Gasteiger partial charge in [-0.25, -0.2) is 4.39 Å². The molecule has 0 bridgehead atoms. The van der Waals surface area contributed by atoms with E-state index in [-0.39, 0.29) is 5.83 Å². The van der Waals surface area contributed by atoms with Gasteiger partial charge < -0.3 is 0 Å². The molecule has 0 radical (unpaired) electrons. The SMILES string of the molecule is CCC(Cl)C(F)=Cc1ccccc1. The number of halogens is 2. The van der Waals surface area contributed by atoms with Crippen molar-refractivity contribution in [3.05, 3.63) is 41.7 Å². The summed E-state index contributed by atoms with van der Waals surface area (Å²) in [6, 6.07) is 9.33. The van der Waals surface area contributed by atoms with Crippen LogP contribution < -0.4 is 0 Å². The van der Waals surface area contributed by atoms with Crippen LogP contribution in [0.5, 0.6) is 0 Å². The van der Waals surface area contributed by atoms with Gasteiger partial charge in [-0.05, 0) is 18.1 Å². The first-order valence-electron chi connectivity index (χ1n) is 4.30. The fraction of sp³-hybridized carbons (Fsp3) is 0.273. The van der Waals surface area contributed by atoms with Gasteiger partial charge in [0, 0.05) is 0 Å². The van der Waals surface area contributed by atoms with Gasteiger partial charge in [-0.15, -0.1) is 11.6 Å². The van der Waals surface area contributed by atoms with E-state index in [0.717, 1.165) is 5.56 Å². The third kappa shape index (κ3) is 3.19. The highest BCUT2D eigenvalue weighted by molar-refractivity contribution is 6.22. The molecule has 1 atom stereocenters. The maximum absolute atomic E-state index is 13.2. The first-order chi connectivity index (χ1) is 6.24. The van der Waals surface area contributed by atoms with E-state index in [0.29, 0.717) is 6.42 Å². The van der Waals surface area contributed by atoms with Crippen molar-refractivity contribution in [2.24, 2.45) is 0 Å².